The number of rotatable bonds is 8. The van der Waals surface area contributed by atoms with Gasteiger partial charge in [-0.15, -0.1) is 0 Å². The number of halogens is 1. The number of aliphatic hydroxyl groups excluding tert-OH is 1. The molecule has 3 saturated heterocycles. The maximum absolute atomic E-state index is 13.5. The number of amides is 3. The number of β-amino-alcohol motifs (C(OH)–C–C–N with tert-alkyl or cyclic N) is 1. The average molecular weight is 524 g/mol. The Kier molecular flexibility index (Phi) is 6.70. The Morgan fingerprint density at radius 2 is 2.00 bits per heavy atom. The molecule has 180 valence electrons. The summed E-state index contributed by atoms with van der Waals surface area (Å²) in [5.74, 6) is -1.86. The van der Waals surface area contributed by atoms with Crippen molar-refractivity contribution >= 4 is 39.3 Å². The van der Waals surface area contributed by atoms with Crippen LogP contribution in [0.2, 0.25) is 0 Å². The number of nitrogens with one attached hydrogen (secondary N) is 2. The Morgan fingerprint density at radius 3 is 2.61 bits per heavy atom. The van der Waals surface area contributed by atoms with Crippen LogP contribution in [0, 0.1) is 11.8 Å². The molecule has 0 aliphatic carbocycles. The summed E-state index contributed by atoms with van der Waals surface area (Å²) >= 11 is 3.62. The molecule has 1 aromatic rings. The van der Waals surface area contributed by atoms with E-state index >= 15 is 0 Å². The first-order valence-corrected chi connectivity index (χ1v) is 12.2. The number of carbonyl (C=O) groups is 3. The first-order chi connectivity index (χ1) is 15.7. The Labute approximate surface area is 201 Å². The molecule has 2 bridgehead atoms. The number of benzene rings is 1. The van der Waals surface area contributed by atoms with Crippen LogP contribution in [0.4, 0.5) is 5.69 Å². The quantitative estimate of drug-likeness (QED) is 0.442. The van der Waals surface area contributed by atoms with Crippen molar-refractivity contribution in [2.24, 2.45) is 11.8 Å². The second-order valence-electron chi connectivity index (χ2n) is 9.03. The van der Waals surface area contributed by atoms with E-state index in [0.717, 1.165) is 0 Å². The summed E-state index contributed by atoms with van der Waals surface area (Å²) in [6, 6.07) is 5.98. The Balaban J connectivity index is 1.63. The van der Waals surface area contributed by atoms with Crippen molar-refractivity contribution in [1.82, 2.24) is 10.2 Å². The molecule has 1 spiro atoms. The SMILES string of the molecule is CCOc1ccc(NC(=O)[C@H]2[C@@H]3OC4(CC3Br)C(C(=O)NC(C)C)N(CCO)C(=O)[C@H]24)cc1. The molecule has 3 aliphatic heterocycles. The molecule has 6 atom stereocenters. The molecule has 3 heterocycles. The molecule has 0 radical (unpaired) electrons. The second kappa shape index (κ2) is 9.23. The molecule has 10 heteroatoms. The van der Waals surface area contributed by atoms with Crippen molar-refractivity contribution in [3.05, 3.63) is 24.3 Å². The lowest BCUT2D eigenvalue weighted by molar-refractivity contribution is -0.142. The fraction of sp³-hybridized carbons (Fsp3) is 0.609. The topological polar surface area (TPSA) is 117 Å². The third-order valence-electron chi connectivity index (χ3n) is 6.54. The second-order valence-corrected chi connectivity index (χ2v) is 10.2. The van der Waals surface area contributed by atoms with Crippen molar-refractivity contribution in [3.8, 4) is 5.75 Å². The maximum atomic E-state index is 13.5. The number of anilines is 1. The van der Waals surface area contributed by atoms with Crippen LogP contribution < -0.4 is 15.4 Å². The molecule has 4 rings (SSSR count). The molecule has 3 amide bonds. The third kappa shape index (κ3) is 4.02. The highest BCUT2D eigenvalue weighted by Crippen LogP contribution is 2.60. The normalized spacial score (nSPS) is 32.2. The first kappa shape index (κ1) is 24.0. The summed E-state index contributed by atoms with van der Waals surface area (Å²) in [5.41, 5.74) is -0.539. The Bertz CT molecular complexity index is 925. The molecule has 1 aromatic carbocycles. The van der Waals surface area contributed by atoms with E-state index in [1.165, 1.54) is 4.90 Å². The van der Waals surface area contributed by atoms with E-state index in [1.807, 2.05) is 20.8 Å². The zero-order valence-corrected chi connectivity index (χ0v) is 20.5. The van der Waals surface area contributed by atoms with E-state index in [2.05, 4.69) is 26.6 Å². The Morgan fingerprint density at radius 1 is 1.30 bits per heavy atom. The van der Waals surface area contributed by atoms with E-state index < -0.39 is 29.6 Å². The number of hydrogen-bond donors (Lipinski definition) is 3. The Hall–Kier alpha value is -2.17. The molecule has 3 fully saturated rings. The van der Waals surface area contributed by atoms with Crippen molar-refractivity contribution in [3.63, 3.8) is 0 Å². The van der Waals surface area contributed by atoms with Gasteiger partial charge in [-0.3, -0.25) is 14.4 Å². The fourth-order valence-electron chi connectivity index (χ4n) is 5.47. The minimum atomic E-state index is -1.12. The van der Waals surface area contributed by atoms with Gasteiger partial charge in [-0.05, 0) is 51.5 Å². The number of likely N-dealkylation sites (tertiary alicyclic amines) is 1. The molecule has 9 nitrogen and oxygen atoms in total. The molecule has 33 heavy (non-hydrogen) atoms. The van der Waals surface area contributed by atoms with Gasteiger partial charge in [0.05, 0.1) is 31.2 Å². The van der Waals surface area contributed by atoms with Crippen LogP contribution in [0.1, 0.15) is 27.2 Å². The van der Waals surface area contributed by atoms with Gasteiger partial charge in [0.25, 0.3) is 0 Å². The highest BCUT2D eigenvalue weighted by molar-refractivity contribution is 9.09. The van der Waals surface area contributed by atoms with Gasteiger partial charge >= 0.3 is 0 Å². The summed E-state index contributed by atoms with van der Waals surface area (Å²) in [6.07, 6.45) is -0.105. The van der Waals surface area contributed by atoms with Crippen LogP contribution in [0.15, 0.2) is 24.3 Å². The molecule has 3 N–H and O–H groups in total. The van der Waals surface area contributed by atoms with E-state index in [9.17, 15) is 19.5 Å². The molecular weight excluding hydrogens is 494 g/mol. The van der Waals surface area contributed by atoms with Crippen molar-refractivity contribution < 1.29 is 29.0 Å². The van der Waals surface area contributed by atoms with Gasteiger partial charge in [0.15, 0.2) is 0 Å². The molecule has 3 aliphatic rings. The first-order valence-electron chi connectivity index (χ1n) is 11.3. The highest BCUT2D eigenvalue weighted by Gasteiger charge is 2.76. The van der Waals surface area contributed by atoms with Crippen LogP contribution in [0.25, 0.3) is 0 Å². The predicted molar refractivity (Wildman–Crippen MR) is 124 cm³/mol. The molecule has 0 aromatic heterocycles. The van der Waals surface area contributed by atoms with Crippen molar-refractivity contribution in [1.29, 1.82) is 0 Å². The van der Waals surface area contributed by atoms with E-state index in [-0.39, 0.29) is 41.7 Å². The zero-order chi connectivity index (χ0) is 23.9. The number of alkyl halides is 1. The van der Waals surface area contributed by atoms with Gasteiger partial charge in [0.2, 0.25) is 17.7 Å². The van der Waals surface area contributed by atoms with Gasteiger partial charge in [-0.1, -0.05) is 15.9 Å². The standard InChI is InChI=1S/C23H30BrN3O6/c1-4-32-14-7-5-13(6-8-14)26-20(29)16-17-22(31)27(9-10-28)19(21(30)25-12(2)3)23(17)11-15(24)18(16)33-23/h5-8,12,15-19,28H,4,9-11H2,1-3H3,(H,25,30)(H,26,29)/t15?,16-,17+,18-,19?,23?/m1/s1. The third-order valence-corrected chi connectivity index (χ3v) is 7.39. The lowest BCUT2D eigenvalue weighted by atomic mass is 9.70. The van der Waals surface area contributed by atoms with Crippen LogP contribution in [0.5, 0.6) is 5.75 Å². The van der Waals surface area contributed by atoms with Gasteiger partial charge < -0.3 is 30.1 Å². The van der Waals surface area contributed by atoms with Gasteiger partial charge in [0.1, 0.15) is 17.4 Å². The maximum Gasteiger partial charge on any atom is 0.246 e. The molecular formula is C23H30BrN3O6. The minimum absolute atomic E-state index is 0.00146. The van der Waals surface area contributed by atoms with Crippen LogP contribution in [-0.4, -0.2) is 76.1 Å². The predicted octanol–water partition coefficient (Wildman–Crippen LogP) is 1.29. The largest absolute Gasteiger partial charge is 0.494 e. The van der Waals surface area contributed by atoms with Gasteiger partial charge in [0, 0.05) is 23.1 Å². The monoisotopic (exact) mass is 523 g/mol. The van der Waals surface area contributed by atoms with Crippen LogP contribution >= 0.6 is 15.9 Å². The van der Waals surface area contributed by atoms with Crippen LogP contribution in [0.3, 0.4) is 0 Å². The molecule has 0 saturated carbocycles. The number of nitrogens with zero attached hydrogens (tertiary/aromatic N) is 1. The number of hydrogen-bond acceptors (Lipinski definition) is 6. The summed E-state index contributed by atoms with van der Waals surface area (Å²) in [6.45, 7) is 5.83. The fourth-order valence-corrected chi connectivity index (χ4v) is 6.41. The summed E-state index contributed by atoms with van der Waals surface area (Å²) < 4.78 is 11.8. The molecule has 3 unspecified atom stereocenters. The summed E-state index contributed by atoms with van der Waals surface area (Å²) in [7, 11) is 0. The number of aliphatic hydroxyl groups is 1. The number of ether oxygens (including phenoxy) is 2. The summed E-state index contributed by atoms with van der Waals surface area (Å²) in [4.78, 5) is 41.3. The van der Waals surface area contributed by atoms with E-state index in [0.29, 0.717) is 24.5 Å². The van der Waals surface area contributed by atoms with Crippen molar-refractivity contribution in [2.75, 3.05) is 25.1 Å². The van der Waals surface area contributed by atoms with E-state index in [1.54, 1.807) is 24.3 Å². The number of carbonyl (C=O) groups excluding carboxylic acids is 3. The van der Waals surface area contributed by atoms with Gasteiger partial charge in [-0.25, -0.2) is 0 Å². The lowest BCUT2D eigenvalue weighted by Crippen LogP contribution is -2.57. The number of fused-ring (bicyclic) bond motifs is 1. The summed E-state index contributed by atoms with van der Waals surface area (Å²) in [5, 5.41) is 15.3. The lowest BCUT2D eigenvalue weighted by Gasteiger charge is -2.34. The van der Waals surface area contributed by atoms with Gasteiger partial charge in [-0.2, -0.15) is 0 Å². The average Bonchev–Trinajstić information content (AvgIpc) is 3.33. The van der Waals surface area contributed by atoms with Crippen LogP contribution in [-0.2, 0) is 19.1 Å². The zero-order valence-electron chi connectivity index (χ0n) is 18.9. The minimum Gasteiger partial charge on any atom is -0.494 e. The van der Waals surface area contributed by atoms with E-state index in [4.69, 9.17) is 9.47 Å². The smallest absolute Gasteiger partial charge is 0.246 e. The highest BCUT2D eigenvalue weighted by atomic mass is 79.9. The van der Waals surface area contributed by atoms with Crippen molar-refractivity contribution in [2.45, 2.75) is 55.8 Å².